The Balaban J connectivity index is 3.36. The van der Waals surface area contributed by atoms with Crippen LogP contribution in [0.4, 0.5) is 0 Å². The van der Waals surface area contributed by atoms with Gasteiger partial charge in [-0.15, -0.1) is 0 Å². The first-order valence-electron chi connectivity index (χ1n) is 3.47. The summed E-state index contributed by atoms with van der Waals surface area (Å²) in [5.41, 5.74) is 3.30. The molecule has 1 radical (unpaired) electrons. The molecule has 1 rings (SSSR count). The Morgan fingerprint density at radius 1 is 1.27 bits per heavy atom. The van der Waals surface area contributed by atoms with Crippen molar-refractivity contribution in [3.8, 4) is 0 Å². The van der Waals surface area contributed by atoms with E-state index in [1.54, 1.807) is 6.08 Å². The van der Waals surface area contributed by atoms with Crippen molar-refractivity contribution in [2.75, 3.05) is 0 Å². The number of halogens is 1. The molecule has 0 saturated carbocycles. The average Bonchev–Trinajstić information content (AvgIpc) is 2.01. The normalized spacial score (nSPS) is 9.73. The highest BCUT2D eigenvalue weighted by atomic mass is 35.5. The van der Waals surface area contributed by atoms with Crippen LogP contribution in [-0.2, 0) is 0 Å². The van der Waals surface area contributed by atoms with Gasteiger partial charge in [0.05, 0.1) is 0 Å². The molecule has 0 aliphatic heterocycles. The van der Waals surface area contributed by atoms with Gasteiger partial charge in [0.2, 0.25) is 0 Å². The van der Waals surface area contributed by atoms with Gasteiger partial charge in [-0.1, -0.05) is 30.3 Å². The van der Waals surface area contributed by atoms with Crippen LogP contribution in [-0.4, -0.2) is 0 Å². The molecule has 0 saturated heterocycles. The third-order valence-electron chi connectivity index (χ3n) is 1.94. The van der Waals surface area contributed by atoms with Crippen molar-refractivity contribution in [3.05, 3.63) is 40.4 Å². The largest absolute Gasteiger partial charge is 0.0840 e. The zero-order valence-corrected chi connectivity index (χ0v) is 7.44. The van der Waals surface area contributed by atoms with Gasteiger partial charge in [0.1, 0.15) is 0 Å². The second-order valence-corrected chi connectivity index (χ2v) is 2.96. The maximum absolute atomic E-state index is 5.89. The molecule has 0 nitrogen and oxygen atoms in total. The molecular weight excluding hydrogens is 156 g/mol. The summed E-state index contributed by atoms with van der Waals surface area (Å²) >= 11 is 5.89. The van der Waals surface area contributed by atoms with Crippen LogP contribution in [0.3, 0.4) is 0 Å². The molecule has 1 aromatic rings. The Morgan fingerprint density at radius 3 is 2.45 bits per heavy atom. The molecule has 0 aliphatic carbocycles. The van der Waals surface area contributed by atoms with Gasteiger partial charge in [0.25, 0.3) is 0 Å². The van der Waals surface area contributed by atoms with Gasteiger partial charge in [-0.05, 0) is 36.6 Å². The number of rotatable bonds is 1. The van der Waals surface area contributed by atoms with Gasteiger partial charge in [0, 0.05) is 5.02 Å². The van der Waals surface area contributed by atoms with E-state index in [2.05, 4.69) is 0 Å². The number of benzene rings is 1. The molecule has 0 fully saturated rings. The van der Waals surface area contributed by atoms with E-state index < -0.39 is 0 Å². The first-order valence-corrected chi connectivity index (χ1v) is 3.85. The molecule has 0 amide bonds. The van der Waals surface area contributed by atoms with Crippen LogP contribution in [0.1, 0.15) is 16.7 Å². The fourth-order valence-corrected chi connectivity index (χ4v) is 1.19. The number of hydrogen-bond donors (Lipinski definition) is 0. The van der Waals surface area contributed by atoms with Gasteiger partial charge in [-0.2, -0.15) is 0 Å². The van der Waals surface area contributed by atoms with Crippen LogP contribution in [0, 0.1) is 20.4 Å². The molecule has 0 N–H and O–H groups in total. The van der Waals surface area contributed by atoms with E-state index in [0.29, 0.717) is 0 Å². The van der Waals surface area contributed by atoms with Gasteiger partial charge in [-0.3, -0.25) is 0 Å². The van der Waals surface area contributed by atoms with E-state index in [1.807, 2.05) is 26.0 Å². The van der Waals surface area contributed by atoms with E-state index in [-0.39, 0.29) is 0 Å². The molecular formula is C10H10Cl. The maximum Gasteiger partial charge on any atom is 0.0438 e. The molecule has 0 atom stereocenters. The van der Waals surface area contributed by atoms with E-state index >= 15 is 0 Å². The van der Waals surface area contributed by atoms with Crippen molar-refractivity contribution in [1.29, 1.82) is 0 Å². The first-order chi connectivity index (χ1) is 5.16. The van der Waals surface area contributed by atoms with E-state index in [1.165, 1.54) is 0 Å². The second-order valence-electron chi connectivity index (χ2n) is 2.55. The summed E-state index contributed by atoms with van der Waals surface area (Å²) in [6.07, 6.45) is 1.60. The first kappa shape index (κ1) is 8.35. The van der Waals surface area contributed by atoms with Gasteiger partial charge in [0.15, 0.2) is 0 Å². The Hall–Kier alpha value is -0.750. The Morgan fingerprint density at radius 2 is 1.91 bits per heavy atom. The zero-order valence-electron chi connectivity index (χ0n) is 6.69. The van der Waals surface area contributed by atoms with E-state index in [0.717, 1.165) is 21.7 Å². The molecule has 0 bridgehead atoms. The van der Waals surface area contributed by atoms with Crippen molar-refractivity contribution in [2.24, 2.45) is 0 Å². The SMILES string of the molecule is [CH]=Cc1ccc(Cl)c(C)c1C. The van der Waals surface area contributed by atoms with Crippen molar-refractivity contribution in [2.45, 2.75) is 13.8 Å². The molecule has 0 heterocycles. The molecule has 57 valence electrons. The topological polar surface area (TPSA) is 0 Å². The second kappa shape index (κ2) is 3.10. The molecule has 11 heavy (non-hydrogen) atoms. The lowest BCUT2D eigenvalue weighted by Crippen LogP contribution is -1.85. The van der Waals surface area contributed by atoms with Crippen molar-refractivity contribution in [3.63, 3.8) is 0 Å². The summed E-state index contributed by atoms with van der Waals surface area (Å²) in [6, 6.07) is 3.78. The minimum Gasteiger partial charge on any atom is -0.0840 e. The zero-order chi connectivity index (χ0) is 8.43. The van der Waals surface area contributed by atoms with Crippen LogP contribution < -0.4 is 0 Å². The molecule has 0 aliphatic rings. The molecule has 0 spiro atoms. The van der Waals surface area contributed by atoms with Crippen LogP contribution in [0.25, 0.3) is 6.08 Å². The minimum absolute atomic E-state index is 0.799. The predicted molar refractivity (Wildman–Crippen MR) is 49.7 cm³/mol. The summed E-state index contributed by atoms with van der Waals surface area (Å²) in [5.74, 6) is 0. The van der Waals surface area contributed by atoms with Crippen molar-refractivity contribution >= 4 is 17.7 Å². The van der Waals surface area contributed by atoms with Crippen LogP contribution in [0.15, 0.2) is 12.1 Å². The van der Waals surface area contributed by atoms with Gasteiger partial charge < -0.3 is 0 Å². The summed E-state index contributed by atoms with van der Waals surface area (Å²) in [4.78, 5) is 0. The number of hydrogen-bond acceptors (Lipinski definition) is 0. The summed E-state index contributed by atoms with van der Waals surface area (Å²) in [5, 5.41) is 0.799. The standard InChI is InChI=1S/C10H10Cl/c1-4-9-5-6-10(11)8(3)7(9)2/h1,4-6H,2-3H3. The average molecular weight is 166 g/mol. The monoisotopic (exact) mass is 165 g/mol. The van der Waals surface area contributed by atoms with Gasteiger partial charge >= 0.3 is 0 Å². The van der Waals surface area contributed by atoms with Crippen LogP contribution in [0.5, 0.6) is 0 Å². The smallest absolute Gasteiger partial charge is 0.0438 e. The maximum atomic E-state index is 5.89. The van der Waals surface area contributed by atoms with Gasteiger partial charge in [-0.25, -0.2) is 0 Å². The highest BCUT2D eigenvalue weighted by molar-refractivity contribution is 6.31. The highest BCUT2D eigenvalue weighted by Gasteiger charge is 2.00. The lowest BCUT2D eigenvalue weighted by Gasteiger charge is -2.05. The van der Waals surface area contributed by atoms with Crippen molar-refractivity contribution in [1.82, 2.24) is 0 Å². The fourth-order valence-electron chi connectivity index (χ4n) is 0.989. The predicted octanol–water partition coefficient (Wildman–Crippen LogP) is 3.40. The fraction of sp³-hybridized carbons (Fsp3) is 0.200. The Labute approximate surface area is 72.5 Å². The molecule has 1 aromatic carbocycles. The molecule has 0 unspecified atom stereocenters. The summed E-state index contributed by atoms with van der Waals surface area (Å²) < 4.78 is 0. The molecule has 1 heteroatoms. The quantitative estimate of drug-likeness (QED) is 0.599. The third kappa shape index (κ3) is 1.46. The minimum atomic E-state index is 0.799. The van der Waals surface area contributed by atoms with Crippen LogP contribution >= 0.6 is 11.6 Å². The van der Waals surface area contributed by atoms with Crippen LogP contribution in [0.2, 0.25) is 5.02 Å². The Kier molecular flexibility index (Phi) is 2.35. The van der Waals surface area contributed by atoms with E-state index in [4.69, 9.17) is 18.2 Å². The van der Waals surface area contributed by atoms with Crippen molar-refractivity contribution < 1.29 is 0 Å². The molecule has 0 aromatic heterocycles. The van der Waals surface area contributed by atoms with E-state index in [9.17, 15) is 0 Å². The third-order valence-corrected chi connectivity index (χ3v) is 2.35. The Bertz CT molecular complexity index is 287. The lowest BCUT2D eigenvalue weighted by molar-refractivity contribution is 1.33. The summed E-state index contributed by atoms with van der Waals surface area (Å²) in [6.45, 7) is 9.41. The lowest BCUT2D eigenvalue weighted by atomic mass is 10.0. The highest BCUT2D eigenvalue weighted by Crippen LogP contribution is 2.22. The summed E-state index contributed by atoms with van der Waals surface area (Å²) in [7, 11) is 0.